The predicted molar refractivity (Wildman–Crippen MR) is 118 cm³/mol. The maximum absolute atomic E-state index is 11.9. The van der Waals surface area contributed by atoms with Gasteiger partial charge >= 0.3 is 0 Å². The first kappa shape index (κ1) is 21.2. The quantitative estimate of drug-likeness (QED) is 0.441. The van der Waals surface area contributed by atoms with Gasteiger partial charge in [-0.25, -0.2) is 10.9 Å². The summed E-state index contributed by atoms with van der Waals surface area (Å²) in [6.07, 6.45) is 6.79. The number of β-amino-alcohol motifs (C(OH)–C–C–N with tert-alkyl or cyclic N) is 1. The Morgan fingerprint density at radius 1 is 1.41 bits per heavy atom. The molecular weight excluding hydrogens is 378 g/mol. The van der Waals surface area contributed by atoms with Crippen molar-refractivity contribution in [1.82, 2.24) is 9.80 Å². The largest absolute Gasteiger partial charge is 0.390 e. The molecule has 3 rings (SSSR count). The van der Waals surface area contributed by atoms with E-state index in [0.717, 1.165) is 25.1 Å². The highest BCUT2D eigenvalue weighted by molar-refractivity contribution is 8.22. The predicted octanol–water partition coefficient (Wildman–Crippen LogP) is 2.13. The summed E-state index contributed by atoms with van der Waals surface area (Å²) in [7, 11) is -0.329. The van der Waals surface area contributed by atoms with E-state index >= 15 is 0 Å². The number of nitrogens with two attached hydrogens (primary N) is 1. The molecule has 0 aromatic carbocycles. The summed E-state index contributed by atoms with van der Waals surface area (Å²) in [4.78, 5) is 16.2. The molecule has 2 saturated heterocycles. The highest BCUT2D eigenvalue weighted by Crippen LogP contribution is 2.42. The van der Waals surface area contributed by atoms with Gasteiger partial charge in [-0.1, -0.05) is 12.2 Å². The minimum Gasteiger partial charge on any atom is -0.390 e. The van der Waals surface area contributed by atoms with Gasteiger partial charge in [-0.3, -0.25) is 9.69 Å². The Balaban J connectivity index is 1.69. The number of thiol groups is 1. The third-order valence-corrected chi connectivity index (χ3v) is 9.32. The first-order valence-corrected chi connectivity index (χ1v) is 12.6. The second kappa shape index (κ2) is 8.91. The van der Waals surface area contributed by atoms with Crippen LogP contribution in [0.25, 0.3) is 0 Å². The number of amides is 1. The number of aliphatic hydroxyl groups excluding tert-OH is 1. The van der Waals surface area contributed by atoms with Crippen LogP contribution in [0.1, 0.15) is 33.6 Å². The highest BCUT2D eigenvalue weighted by atomic mass is 32.2. The SMILES string of the molecule is CC(C)(C)N(C=O)C1CC2SCCC2CN1CC(O)C(N)C[SH]1C=CC=C1. The van der Waals surface area contributed by atoms with Gasteiger partial charge in [0.1, 0.15) is 0 Å². The fourth-order valence-electron chi connectivity index (χ4n) is 4.34. The van der Waals surface area contributed by atoms with Gasteiger partial charge in [0.25, 0.3) is 0 Å². The molecule has 0 aromatic rings. The number of hydrogen-bond acceptors (Lipinski definition) is 5. The smallest absolute Gasteiger partial charge is 0.211 e. The third-order valence-electron chi connectivity index (χ3n) is 5.89. The third kappa shape index (κ3) is 5.12. The van der Waals surface area contributed by atoms with Crippen molar-refractivity contribution >= 4 is 29.1 Å². The first-order chi connectivity index (χ1) is 12.8. The molecule has 0 aromatic heterocycles. The Morgan fingerprint density at radius 2 is 2.11 bits per heavy atom. The van der Waals surface area contributed by atoms with Gasteiger partial charge in [-0.05, 0) is 61.9 Å². The number of hydrogen-bond donors (Lipinski definition) is 3. The topological polar surface area (TPSA) is 69.8 Å². The molecule has 5 unspecified atom stereocenters. The number of fused-ring (bicyclic) bond motifs is 1. The average molecular weight is 414 g/mol. The monoisotopic (exact) mass is 413 g/mol. The molecule has 154 valence electrons. The lowest BCUT2D eigenvalue weighted by atomic mass is 9.91. The van der Waals surface area contributed by atoms with Crippen LogP contribution in [-0.4, -0.2) is 75.0 Å². The molecule has 0 saturated carbocycles. The summed E-state index contributed by atoms with van der Waals surface area (Å²) < 4.78 is 0. The molecule has 7 heteroatoms. The molecule has 0 radical (unpaired) electrons. The van der Waals surface area contributed by atoms with E-state index in [1.165, 1.54) is 12.2 Å². The van der Waals surface area contributed by atoms with E-state index in [9.17, 15) is 9.90 Å². The molecule has 3 aliphatic rings. The summed E-state index contributed by atoms with van der Waals surface area (Å²) in [5.74, 6) is 2.69. The van der Waals surface area contributed by atoms with Gasteiger partial charge in [0.15, 0.2) is 0 Å². The Hall–Kier alpha value is -0.470. The number of piperidine rings is 1. The van der Waals surface area contributed by atoms with Crippen LogP contribution in [0.5, 0.6) is 0 Å². The summed E-state index contributed by atoms with van der Waals surface area (Å²) in [5, 5.41) is 15.8. The molecule has 5 nitrogen and oxygen atoms in total. The van der Waals surface area contributed by atoms with Gasteiger partial charge in [-0.15, -0.1) is 0 Å². The molecule has 2 fully saturated rings. The van der Waals surface area contributed by atoms with Crippen molar-refractivity contribution in [2.45, 2.75) is 62.7 Å². The Morgan fingerprint density at radius 3 is 2.74 bits per heavy atom. The Kier molecular flexibility index (Phi) is 7.01. The van der Waals surface area contributed by atoms with E-state index < -0.39 is 6.10 Å². The molecule has 5 atom stereocenters. The van der Waals surface area contributed by atoms with Crippen LogP contribution in [0.15, 0.2) is 23.0 Å². The second-order valence-electron chi connectivity index (χ2n) is 8.92. The summed E-state index contributed by atoms with van der Waals surface area (Å²) in [6.45, 7) is 7.73. The van der Waals surface area contributed by atoms with E-state index in [4.69, 9.17) is 5.73 Å². The zero-order valence-electron chi connectivity index (χ0n) is 16.7. The molecule has 3 heterocycles. The number of carbonyl (C=O) groups excluding carboxylic acids is 1. The van der Waals surface area contributed by atoms with Crippen molar-refractivity contribution in [2.75, 3.05) is 24.6 Å². The van der Waals surface area contributed by atoms with Crippen molar-refractivity contribution in [3.63, 3.8) is 0 Å². The van der Waals surface area contributed by atoms with E-state index in [1.54, 1.807) is 0 Å². The molecule has 3 aliphatic heterocycles. The fraction of sp³-hybridized carbons (Fsp3) is 0.750. The van der Waals surface area contributed by atoms with Gasteiger partial charge in [0.05, 0.1) is 12.3 Å². The van der Waals surface area contributed by atoms with E-state index in [-0.39, 0.29) is 28.6 Å². The van der Waals surface area contributed by atoms with Crippen molar-refractivity contribution in [2.24, 2.45) is 11.7 Å². The van der Waals surface area contributed by atoms with Crippen LogP contribution in [0.2, 0.25) is 0 Å². The number of likely N-dealkylation sites (tertiary alicyclic amines) is 1. The normalized spacial score (nSPS) is 31.7. The molecule has 3 N–H and O–H groups in total. The highest BCUT2D eigenvalue weighted by Gasteiger charge is 2.43. The van der Waals surface area contributed by atoms with Crippen molar-refractivity contribution in [3.05, 3.63) is 23.0 Å². The van der Waals surface area contributed by atoms with Crippen LogP contribution in [-0.2, 0) is 4.79 Å². The number of thioether (sulfide) groups is 1. The fourth-order valence-corrected chi connectivity index (χ4v) is 7.59. The summed E-state index contributed by atoms with van der Waals surface area (Å²) in [5.41, 5.74) is 6.11. The van der Waals surface area contributed by atoms with Crippen LogP contribution in [0.4, 0.5) is 0 Å². The maximum Gasteiger partial charge on any atom is 0.211 e. The minimum atomic E-state index is -0.573. The minimum absolute atomic E-state index is 0.0354. The molecule has 27 heavy (non-hydrogen) atoms. The summed E-state index contributed by atoms with van der Waals surface area (Å²) in [6, 6.07) is -0.237. The molecular formula is C20H35N3O2S2. The lowest BCUT2D eigenvalue weighted by Gasteiger charge is -2.50. The lowest BCUT2D eigenvalue weighted by Crippen LogP contribution is -2.62. The number of carbonyl (C=O) groups is 1. The molecule has 0 bridgehead atoms. The van der Waals surface area contributed by atoms with Crippen molar-refractivity contribution < 1.29 is 9.90 Å². The second-order valence-corrected chi connectivity index (χ2v) is 12.3. The van der Waals surface area contributed by atoms with Crippen molar-refractivity contribution in [1.29, 1.82) is 0 Å². The molecule has 0 spiro atoms. The van der Waals surface area contributed by atoms with Crippen LogP contribution in [0.3, 0.4) is 0 Å². The van der Waals surface area contributed by atoms with Crippen LogP contribution < -0.4 is 5.73 Å². The number of allylic oxidation sites excluding steroid dienone is 2. The lowest BCUT2D eigenvalue weighted by molar-refractivity contribution is -0.135. The van der Waals surface area contributed by atoms with E-state index in [0.29, 0.717) is 17.7 Å². The summed E-state index contributed by atoms with van der Waals surface area (Å²) >= 11 is 2.05. The van der Waals surface area contributed by atoms with Gasteiger partial charge in [0, 0.05) is 29.9 Å². The van der Waals surface area contributed by atoms with Crippen LogP contribution >= 0.6 is 22.7 Å². The van der Waals surface area contributed by atoms with Gasteiger partial charge in [-0.2, -0.15) is 11.8 Å². The number of aliphatic hydroxyl groups is 1. The van der Waals surface area contributed by atoms with Crippen LogP contribution in [0, 0.1) is 5.92 Å². The standard InChI is InChI=1S/C20H35N3O2S2/c1-20(2,3)23(14-24)19-10-18-15(6-7-26-18)11-22(19)12-17(25)16(21)13-27-8-4-5-9-27/h4-5,8-9,14-19,25,27H,6-7,10-13,21H2,1-3H3. The van der Waals surface area contributed by atoms with E-state index in [2.05, 4.69) is 48.6 Å². The average Bonchev–Trinajstić information content (AvgIpc) is 3.25. The first-order valence-electron chi connectivity index (χ1n) is 9.93. The van der Waals surface area contributed by atoms with E-state index in [1.807, 2.05) is 16.7 Å². The number of rotatable bonds is 7. The van der Waals surface area contributed by atoms with Gasteiger partial charge in [0.2, 0.25) is 6.41 Å². The zero-order chi connectivity index (χ0) is 19.6. The number of nitrogens with zero attached hydrogens (tertiary/aromatic N) is 2. The maximum atomic E-state index is 11.9. The molecule has 1 amide bonds. The molecule has 0 aliphatic carbocycles. The van der Waals surface area contributed by atoms with Crippen molar-refractivity contribution in [3.8, 4) is 0 Å². The Labute approximate surface area is 170 Å². The Bertz CT molecular complexity index is 566. The van der Waals surface area contributed by atoms with Gasteiger partial charge < -0.3 is 15.7 Å². The zero-order valence-corrected chi connectivity index (χ0v) is 18.4.